The first-order valence-electron chi connectivity index (χ1n) is 7.16. The van der Waals surface area contributed by atoms with Gasteiger partial charge < -0.3 is 20.5 Å². The Morgan fingerprint density at radius 1 is 1.35 bits per heavy atom. The Labute approximate surface area is 119 Å². The number of hydrogen-bond donors (Lipinski definition) is 3. The maximum atomic E-state index is 11.9. The van der Waals surface area contributed by atoms with Crippen LogP contribution in [0.1, 0.15) is 32.6 Å². The molecule has 1 aromatic carbocycles. The molecule has 1 aromatic rings. The maximum Gasteiger partial charge on any atom is 0.319 e. The van der Waals surface area contributed by atoms with Crippen LogP contribution in [0.3, 0.4) is 0 Å². The van der Waals surface area contributed by atoms with Crippen molar-refractivity contribution < 1.29 is 14.6 Å². The third-order valence-corrected chi connectivity index (χ3v) is 3.40. The number of benzene rings is 1. The first-order valence-corrected chi connectivity index (χ1v) is 7.16. The average molecular weight is 278 g/mol. The number of amides is 2. The molecule has 0 radical (unpaired) electrons. The van der Waals surface area contributed by atoms with Crippen molar-refractivity contribution >= 4 is 11.7 Å². The topological polar surface area (TPSA) is 70.6 Å². The molecule has 0 saturated heterocycles. The SMILES string of the molecule is CCOc1ccc(NC(=O)NC2CCCC(O)C2)cc1. The zero-order valence-corrected chi connectivity index (χ0v) is 11.8. The summed E-state index contributed by atoms with van der Waals surface area (Å²) in [4.78, 5) is 11.9. The summed E-state index contributed by atoms with van der Waals surface area (Å²) < 4.78 is 5.34. The van der Waals surface area contributed by atoms with Gasteiger partial charge in [-0.1, -0.05) is 0 Å². The van der Waals surface area contributed by atoms with Crippen LogP contribution in [0.4, 0.5) is 10.5 Å². The normalized spacial score (nSPS) is 22.1. The molecule has 0 aromatic heterocycles. The Balaban J connectivity index is 1.81. The first-order chi connectivity index (χ1) is 9.67. The van der Waals surface area contributed by atoms with Gasteiger partial charge in [0, 0.05) is 11.7 Å². The van der Waals surface area contributed by atoms with Gasteiger partial charge in [-0.2, -0.15) is 0 Å². The Morgan fingerprint density at radius 2 is 2.10 bits per heavy atom. The average Bonchev–Trinajstić information content (AvgIpc) is 2.41. The van der Waals surface area contributed by atoms with E-state index in [0.29, 0.717) is 13.0 Å². The molecule has 0 bridgehead atoms. The molecule has 110 valence electrons. The van der Waals surface area contributed by atoms with Gasteiger partial charge in [0.15, 0.2) is 0 Å². The summed E-state index contributed by atoms with van der Waals surface area (Å²) >= 11 is 0. The van der Waals surface area contributed by atoms with Gasteiger partial charge >= 0.3 is 6.03 Å². The van der Waals surface area contributed by atoms with E-state index in [1.54, 1.807) is 12.1 Å². The highest BCUT2D eigenvalue weighted by atomic mass is 16.5. The van der Waals surface area contributed by atoms with Crippen LogP contribution in [0.5, 0.6) is 5.75 Å². The van der Waals surface area contributed by atoms with Gasteiger partial charge in [-0.25, -0.2) is 4.79 Å². The fourth-order valence-corrected chi connectivity index (χ4v) is 2.45. The van der Waals surface area contributed by atoms with E-state index in [1.807, 2.05) is 19.1 Å². The lowest BCUT2D eigenvalue weighted by Crippen LogP contribution is -2.41. The number of urea groups is 1. The van der Waals surface area contributed by atoms with Gasteiger partial charge in [0.2, 0.25) is 0 Å². The molecular weight excluding hydrogens is 256 g/mol. The number of rotatable bonds is 4. The summed E-state index contributed by atoms with van der Waals surface area (Å²) in [7, 11) is 0. The zero-order chi connectivity index (χ0) is 14.4. The van der Waals surface area contributed by atoms with E-state index in [9.17, 15) is 9.90 Å². The molecule has 5 nitrogen and oxygen atoms in total. The molecule has 20 heavy (non-hydrogen) atoms. The number of aliphatic hydroxyl groups excluding tert-OH is 1. The minimum Gasteiger partial charge on any atom is -0.494 e. The number of nitrogens with one attached hydrogen (secondary N) is 2. The highest BCUT2D eigenvalue weighted by Crippen LogP contribution is 2.19. The van der Waals surface area contributed by atoms with Crippen LogP contribution in [-0.4, -0.2) is 29.9 Å². The monoisotopic (exact) mass is 278 g/mol. The molecule has 1 aliphatic carbocycles. The lowest BCUT2D eigenvalue weighted by atomic mass is 9.93. The molecule has 1 saturated carbocycles. The minimum atomic E-state index is -0.292. The molecule has 2 atom stereocenters. The van der Waals surface area contributed by atoms with E-state index < -0.39 is 0 Å². The van der Waals surface area contributed by atoms with Crippen LogP contribution in [0.15, 0.2) is 24.3 Å². The number of anilines is 1. The number of ether oxygens (including phenoxy) is 1. The van der Waals surface area contributed by atoms with Gasteiger partial charge in [-0.3, -0.25) is 0 Å². The van der Waals surface area contributed by atoms with Crippen LogP contribution in [0, 0.1) is 0 Å². The fraction of sp³-hybridized carbons (Fsp3) is 0.533. The van der Waals surface area contributed by atoms with Gasteiger partial charge in [0.25, 0.3) is 0 Å². The molecule has 0 spiro atoms. The number of aliphatic hydroxyl groups is 1. The van der Waals surface area contributed by atoms with E-state index in [4.69, 9.17) is 4.74 Å². The van der Waals surface area contributed by atoms with Crippen LogP contribution in [-0.2, 0) is 0 Å². The molecule has 2 unspecified atom stereocenters. The van der Waals surface area contributed by atoms with Gasteiger partial charge in [0.05, 0.1) is 12.7 Å². The summed E-state index contributed by atoms with van der Waals surface area (Å²) in [6.07, 6.45) is 3.05. The van der Waals surface area contributed by atoms with Crippen molar-refractivity contribution in [2.45, 2.75) is 44.8 Å². The summed E-state index contributed by atoms with van der Waals surface area (Å²) in [6, 6.07) is 7.09. The molecular formula is C15H22N2O3. The first kappa shape index (κ1) is 14.7. The summed E-state index contributed by atoms with van der Waals surface area (Å²) in [5.41, 5.74) is 0.724. The van der Waals surface area contributed by atoms with E-state index in [2.05, 4.69) is 10.6 Å². The maximum absolute atomic E-state index is 11.9. The molecule has 1 aliphatic rings. The second-order valence-corrected chi connectivity index (χ2v) is 5.07. The van der Waals surface area contributed by atoms with Crippen molar-refractivity contribution in [3.05, 3.63) is 24.3 Å². The van der Waals surface area contributed by atoms with E-state index in [-0.39, 0.29) is 18.2 Å². The van der Waals surface area contributed by atoms with Crippen molar-refractivity contribution in [3.63, 3.8) is 0 Å². The van der Waals surface area contributed by atoms with E-state index in [0.717, 1.165) is 30.7 Å². The predicted octanol–water partition coefficient (Wildman–Crippen LogP) is 2.51. The molecule has 5 heteroatoms. The Morgan fingerprint density at radius 3 is 2.75 bits per heavy atom. The molecule has 2 rings (SSSR count). The van der Waals surface area contributed by atoms with E-state index >= 15 is 0 Å². The molecule has 1 fully saturated rings. The third kappa shape index (κ3) is 4.42. The number of hydrogen-bond acceptors (Lipinski definition) is 3. The second kappa shape index (κ2) is 7.14. The summed E-state index contributed by atoms with van der Waals surface area (Å²) in [6.45, 7) is 2.55. The van der Waals surface area contributed by atoms with Crippen molar-refractivity contribution in [2.24, 2.45) is 0 Å². The van der Waals surface area contributed by atoms with Crippen LogP contribution < -0.4 is 15.4 Å². The van der Waals surface area contributed by atoms with Crippen LogP contribution in [0.2, 0.25) is 0 Å². The van der Waals surface area contributed by atoms with Crippen molar-refractivity contribution in [2.75, 3.05) is 11.9 Å². The largest absolute Gasteiger partial charge is 0.494 e. The molecule has 2 amide bonds. The highest BCUT2D eigenvalue weighted by Gasteiger charge is 2.21. The molecule has 3 N–H and O–H groups in total. The van der Waals surface area contributed by atoms with Crippen LogP contribution in [0.25, 0.3) is 0 Å². The quantitative estimate of drug-likeness (QED) is 0.792. The highest BCUT2D eigenvalue weighted by molar-refractivity contribution is 5.89. The summed E-state index contributed by atoms with van der Waals surface area (Å²) in [5, 5.41) is 15.3. The van der Waals surface area contributed by atoms with Gasteiger partial charge in [-0.15, -0.1) is 0 Å². The van der Waals surface area contributed by atoms with E-state index in [1.165, 1.54) is 0 Å². The number of carbonyl (C=O) groups excluding carboxylic acids is 1. The molecule has 0 aliphatic heterocycles. The van der Waals surface area contributed by atoms with Crippen molar-refractivity contribution in [3.8, 4) is 5.75 Å². The minimum absolute atomic E-state index is 0.0569. The predicted molar refractivity (Wildman–Crippen MR) is 78.0 cm³/mol. The second-order valence-electron chi connectivity index (χ2n) is 5.07. The Kier molecular flexibility index (Phi) is 5.24. The smallest absolute Gasteiger partial charge is 0.319 e. The zero-order valence-electron chi connectivity index (χ0n) is 11.8. The number of carbonyl (C=O) groups is 1. The van der Waals surface area contributed by atoms with Gasteiger partial charge in [0.1, 0.15) is 5.75 Å². The Bertz CT molecular complexity index is 433. The lowest BCUT2D eigenvalue weighted by molar-refractivity contribution is 0.114. The van der Waals surface area contributed by atoms with Crippen molar-refractivity contribution in [1.29, 1.82) is 0 Å². The third-order valence-electron chi connectivity index (χ3n) is 3.40. The Hall–Kier alpha value is -1.75. The van der Waals surface area contributed by atoms with Crippen molar-refractivity contribution in [1.82, 2.24) is 5.32 Å². The lowest BCUT2D eigenvalue weighted by Gasteiger charge is -2.26. The standard InChI is InChI=1S/C15H22N2O3/c1-2-20-14-8-6-11(7-9-14)16-15(19)17-12-4-3-5-13(18)10-12/h6-9,12-13,18H,2-5,10H2,1H3,(H2,16,17,19). The molecule has 0 heterocycles. The van der Waals surface area contributed by atoms with Crippen LogP contribution >= 0.6 is 0 Å². The summed E-state index contributed by atoms with van der Waals surface area (Å²) in [5.74, 6) is 0.786. The van der Waals surface area contributed by atoms with Gasteiger partial charge in [-0.05, 0) is 56.9 Å². The fourth-order valence-electron chi connectivity index (χ4n) is 2.45.